The molecular weight excluding hydrogens is 270 g/mol. The number of unbranched alkanes of at least 4 members (excludes halogenated alkanes) is 1. The van der Waals surface area contributed by atoms with Crippen LogP contribution in [0.25, 0.3) is 0 Å². The van der Waals surface area contributed by atoms with Crippen molar-refractivity contribution in [3.63, 3.8) is 0 Å². The van der Waals surface area contributed by atoms with Crippen LogP contribution in [0.15, 0.2) is 24.3 Å². The van der Waals surface area contributed by atoms with Gasteiger partial charge in [-0.2, -0.15) is 0 Å². The van der Waals surface area contributed by atoms with Gasteiger partial charge >= 0.3 is 0 Å². The number of benzene rings is 1. The fourth-order valence-electron chi connectivity index (χ4n) is 1.30. The minimum absolute atomic E-state index is 0.0889. The summed E-state index contributed by atoms with van der Waals surface area (Å²) >= 11 is 3.33. The molecule has 0 aromatic heterocycles. The molecule has 0 aliphatic rings. The van der Waals surface area contributed by atoms with E-state index in [1.165, 1.54) is 0 Å². The highest BCUT2D eigenvalue weighted by molar-refractivity contribution is 9.10. The highest BCUT2D eigenvalue weighted by atomic mass is 79.9. The molecule has 0 aliphatic carbocycles. The van der Waals surface area contributed by atoms with E-state index in [2.05, 4.69) is 28.2 Å². The predicted octanol–water partition coefficient (Wildman–Crippen LogP) is 3.28. The summed E-state index contributed by atoms with van der Waals surface area (Å²) in [6.07, 6.45) is 2.87. The van der Waals surface area contributed by atoms with Gasteiger partial charge in [0, 0.05) is 0 Å². The Morgan fingerprint density at radius 2 is 2.19 bits per heavy atom. The minimum Gasteiger partial charge on any atom is -0.506 e. The number of nitrogens with one attached hydrogen (secondary N) is 1. The number of aromatic hydroxyl groups is 1. The summed E-state index contributed by atoms with van der Waals surface area (Å²) in [5.41, 5.74) is 0.452. The first kappa shape index (κ1) is 13.0. The normalized spacial score (nSPS) is 12.1. The van der Waals surface area contributed by atoms with E-state index >= 15 is 0 Å². The Hall–Kier alpha value is -1.03. The summed E-state index contributed by atoms with van der Waals surface area (Å²) < 4.78 is 0. The van der Waals surface area contributed by atoms with Crippen LogP contribution in [0.1, 0.15) is 26.2 Å². The van der Waals surface area contributed by atoms with Gasteiger partial charge in [-0.05, 0) is 18.6 Å². The fourth-order valence-corrected chi connectivity index (χ4v) is 1.74. The van der Waals surface area contributed by atoms with Gasteiger partial charge in [-0.1, -0.05) is 47.8 Å². The van der Waals surface area contributed by atoms with Crippen molar-refractivity contribution in [1.82, 2.24) is 0 Å². The Morgan fingerprint density at radius 3 is 2.81 bits per heavy atom. The Morgan fingerprint density at radius 1 is 1.50 bits per heavy atom. The lowest BCUT2D eigenvalue weighted by atomic mass is 10.2. The number of anilines is 1. The minimum atomic E-state index is -0.202. The van der Waals surface area contributed by atoms with Crippen LogP contribution in [0, 0.1) is 0 Å². The summed E-state index contributed by atoms with van der Waals surface area (Å²) in [7, 11) is 0. The van der Waals surface area contributed by atoms with E-state index in [9.17, 15) is 9.90 Å². The molecule has 16 heavy (non-hydrogen) atoms. The average molecular weight is 286 g/mol. The number of phenols is 1. The molecule has 1 rings (SSSR count). The second-order valence-corrected chi connectivity index (χ2v) is 4.72. The number of para-hydroxylation sites is 2. The van der Waals surface area contributed by atoms with Crippen LogP contribution in [0.4, 0.5) is 5.69 Å². The molecule has 0 bridgehead atoms. The Labute approximate surface area is 104 Å². The molecule has 0 saturated carbocycles. The third-order valence-electron chi connectivity index (χ3n) is 2.26. The number of amides is 1. The summed E-state index contributed by atoms with van der Waals surface area (Å²) in [5.74, 6) is -0.0269. The van der Waals surface area contributed by atoms with E-state index < -0.39 is 0 Å². The Kier molecular flexibility index (Phi) is 5.32. The molecule has 0 spiro atoms. The fraction of sp³-hybridized carbons (Fsp3) is 0.417. The van der Waals surface area contributed by atoms with E-state index in [0.29, 0.717) is 5.69 Å². The number of hydrogen-bond donors (Lipinski definition) is 2. The number of carbonyl (C=O) groups excluding carboxylic acids is 1. The molecule has 1 atom stereocenters. The maximum atomic E-state index is 11.7. The number of rotatable bonds is 5. The van der Waals surface area contributed by atoms with E-state index in [0.717, 1.165) is 19.3 Å². The van der Waals surface area contributed by atoms with Crippen molar-refractivity contribution in [2.45, 2.75) is 31.0 Å². The molecule has 4 heteroatoms. The van der Waals surface area contributed by atoms with Crippen LogP contribution in [-0.4, -0.2) is 15.8 Å². The molecule has 2 N–H and O–H groups in total. The van der Waals surface area contributed by atoms with Gasteiger partial charge in [0.15, 0.2) is 0 Å². The Bertz CT molecular complexity index is 355. The maximum Gasteiger partial charge on any atom is 0.238 e. The smallest absolute Gasteiger partial charge is 0.238 e. The topological polar surface area (TPSA) is 49.3 Å². The lowest BCUT2D eigenvalue weighted by Crippen LogP contribution is -2.22. The number of hydrogen-bond acceptors (Lipinski definition) is 2. The first-order chi connectivity index (χ1) is 7.65. The largest absolute Gasteiger partial charge is 0.506 e. The highest BCUT2D eigenvalue weighted by Gasteiger charge is 2.15. The lowest BCUT2D eigenvalue weighted by molar-refractivity contribution is -0.115. The molecule has 0 fully saturated rings. The number of alkyl halides is 1. The summed E-state index contributed by atoms with van der Waals surface area (Å²) in [6, 6.07) is 6.70. The van der Waals surface area contributed by atoms with Gasteiger partial charge in [0.2, 0.25) is 5.91 Å². The quantitative estimate of drug-likeness (QED) is 0.644. The number of halogens is 1. The molecule has 0 aliphatic heterocycles. The molecule has 3 nitrogen and oxygen atoms in total. The molecule has 88 valence electrons. The number of carbonyl (C=O) groups is 1. The van der Waals surface area contributed by atoms with Crippen LogP contribution in [0.3, 0.4) is 0 Å². The van der Waals surface area contributed by atoms with Crippen molar-refractivity contribution >= 4 is 27.5 Å². The zero-order chi connectivity index (χ0) is 12.0. The van der Waals surface area contributed by atoms with E-state index in [-0.39, 0.29) is 16.5 Å². The third-order valence-corrected chi connectivity index (χ3v) is 3.13. The van der Waals surface area contributed by atoms with Gasteiger partial charge in [-0.3, -0.25) is 4.79 Å². The molecule has 0 radical (unpaired) electrons. The third kappa shape index (κ3) is 3.85. The second kappa shape index (κ2) is 6.53. The van der Waals surface area contributed by atoms with Crippen molar-refractivity contribution in [2.75, 3.05) is 5.32 Å². The van der Waals surface area contributed by atoms with Gasteiger partial charge < -0.3 is 10.4 Å². The zero-order valence-electron chi connectivity index (χ0n) is 9.24. The van der Waals surface area contributed by atoms with E-state index in [1.54, 1.807) is 24.3 Å². The standard InChI is InChI=1S/C12H16BrNO2/c1-2-3-6-9(13)12(16)14-10-7-4-5-8-11(10)15/h4-5,7-9,15H,2-3,6H2,1H3,(H,14,16). The summed E-state index contributed by atoms with van der Waals surface area (Å²) in [5, 5.41) is 12.2. The van der Waals surface area contributed by atoms with Crippen LogP contribution >= 0.6 is 15.9 Å². The molecule has 0 heterocycles. The van der Waals surface area contributed by atoms with E-state index in [4.69, 9.17) is 0 Å². The van der Waals surface area contributed by atoms with E-state index in [1.807, 2.05) is 0 Å². The predicted molar refractivity (Wildman–Crippen MR) is 69.0 cm³/mol. The van der Waals surface area contributed by atoms with Gasteiger partial charge in [0.25, 0.3) is 0 Å². The molecule has 0 saturated heterocycles. The van der Waals surface area contributed by atoms with Crippen LogP contribution in [-0.2, 0) is 4.79 Å². The Balaban J connectivity index is 2.54. The zero-order valence-corrected chi connectivity index (χ0v) is 10.8. The van der Waals surface area contributed by atoms with Crippen LogP contribution < -0.4 is 5.32 Å². The van der Waals surface area contributed by atoms with Gasteiger partial charge in [-0.15, -0.1) is 0 Å². The van der Waals surface area contributed by atoms with Crippen molar-refractivity contribution < 1.29 is 9.90 Å². The van der Waals surface area contributed by atoms with Crippen molar-refractivity contribution in [2.24, 2.45) is 0 Å². The van der Waals surface area contributed by atoms with Crippen LogP contribution in [0.2, 0.25) is 0 Å². The molecule has 1 unspecified atom stereocenters. The van der Waals surface area contributed by atoms with Crippen molar-refractivity contribution in [3.8, 4) is 5.75 Å². The maximum absolute atomic E-state index is 11.7. The van der Waals surface area contributed by atoms with Crippen LogP contribution in [0.5, 0.6) is 5.75 Å². The van der Waals surface area contributed by atoms with Crippen molar-refractivity contribution in [3.05, 3.63) is 24.3 Å². The first-order valence-electron chi connectivity index (χ1n) is 5.38. The molecular formula is C12H16BrNO2. The molecule has 1 aromatic carbocycles. The summed E-state index contributed by atoms with van der Waals surface area (Å²) in [4.78, 5) is 11.5. The lowest BCUT2D eigenvalue weighted by Gasteiger charge is -2.11. The second-order valence-electron chi connectivity index (χ2n) is 3.62. The van der Waals surface area contributed by atoms with Gasteiger partial charge in [0.1, 0.15) is 5.75 Å². The first-order valence-corrected chi connectivity index (χ1v) is 6.29. The van der Waals surface area contributed by atoms with Gasteiger partial charge in [0.05, 0.1) is 10.5 Å². The number of phenolic OH excluding ortho intramolecular Hbond substituents is 1. The average Bonchev–Trinajstić information content (AvgIpc) is 2.28. The highest BCUT2D eigenvalue weighted by Crippen LogP contribution is 2.22. The van der Waals surface area contributed by atoms with Crippen molar-refractivity contribution in [1.29, 1.82) is 0 Å². The monoisotopic (exact) mass is 285 g/mol. The summed E-state index contributed by atoms with van der Waals surface area (Å²) in [6.45, 7) is 2.08. The SMILES string of the molecule is CCCCC(Br)C(=O)Nc1ccccc1O. The van der Waals surface area contributed by atoms with Gasteiger partial charge in [-0.25, -0.2) is 0 Å². The molecule has 1 aromatic rings. The molecule has 1 amide bonds.